The minimum atomic E-state index is -0.258. The van der Waals surface area contributed by atoms with E-state index in [2.05, 4.69) is 20.7 Å². The molecule has 1 amide bonds. The molecule has 0 spiro atoms. The van der Waals surface area contributed by atoms with Gasteiger partial charge in [-0.2, -0.15) is 5.10 Å². The van der Waals surface area contributed by atoms with Gasteiger partial charge in [0, 0.05) is 23.4 Å². The largest absolute Gasteiger partial charge is 0.361 e. The van der Waals surface area contributed by atoms with Crippen LogP contribution in [-0.4, -0.2) is 27.8 Å². The summed E-state index contributed by atoms with van der Waals surface area (Å²) in [4.78, 5) is 24.1. The number of nitrogens with one attached hydrogen (secondary N) is 2. The van der Waals surface area contributed by atoms with Crippen molar-refractivity contribution in [2.75, 3.05) is 6.54 Å². The normalized spacial score (nSPS) is 12.3. The molecule has 0 aliphatic carbocycles. The Hall–Kier alpha value is -2.96. The highest BCUT2D eigenvalue weighted by molar-refractivity contribution is 5.88. The van der Waals surface area contributed by atoms with Gasteiger partial charge in [0.15, 0.2) is 0 Å². The van der Waals surface area contributed by atoms with E-state index in [0.717, 1.165) is 17.0 Å². The summed E-state index contributed by atoms with van der Waals surface area (Å²) >= 11 is 0. The van der Waals surface area contributed by atoms with Gasteiger partial charge >= 0.3 is 0 Å². The van der Waals surface area contributed by atoms with Crippen molar-refractivity contribution >= 4 is 16.7 Å². The van der Waals surface area contributed by atoms with Crippen LogP contribution in [0.5, 0.6) is 0 Å². The Morgan fingerprint density at radius 3 is 2.68 bits per heavy atom. The summed E-state index contributed by atoms with van der Waals surface area (Å²) in [5, 5.41) is 14.6. The maximum Gasteiger partial charge on any atom is 0.272 e. The topological polar surface area (TPSA) is 101 Å². The lowest BCUT2D eigenvalue weighted by atomic mass is 9.99. The van der Waals surface area contributed by atoms with Gasteiger partial charge in [0.2, 0.25) is 5.91 Å². The van der Waals surface area contributed by atoms with Gasteiger partial charge in [-0.1, -0.05) is 30.3 Å². The molecule has 3 rings (SSSR count). The average Bonchev–Trinajstić information content (AvgIpc) is 2.94. The van der Waals surface area contributed by atoms with Crippen LogP contribution in [0.25, 0.3) is 10.8 Å². The number of aryl methyl sites for hydroxylation is 2. The molecule has 0 aliphatic rings. The molecular formula is C18H20N4O3. The zero-order valence-electron chi connectivity index (χ0n) is 14.4. The molecule has 130 valence electrons. The van der Waals surface area contributed by atoms with Crippen LogP contribution in [0.2, 0.25) is 0 Å². The molecule has 2 aromatic heterocycles. The second-order valence-corrected chi connectivity index (χ2v) is 6.16. The SMILES string of the molecule is Cc1noc(C)c1C(C)CNC(=O)Cc1n[nH]c(=O)c2ccccc12. The number of carbonyl (C=O) groups is 1. The van der Waals surface area contributed by atoms with Crippen LogP contribution < -0.4 is 10.9 Å². The van der Waals surface area contributed by atoms with Gasteiger partial charge in [-0.3, -0.25) is 9.59 Å². The molecule has 0 bridgehead atoms. The van der Waals surface area contributed by atoms with E-state index >= 15 is 0 Å². The van der Waals surface area contributed by atoms with E-state index in [1.807, 2.05) is 26.8 Å². The molecule has 0 radical (unpaired) electrons. The highest BCUT2D eigenvalue weighted by Crippen LogP contribution is 2.22. The van der Waals surface area contributed by atoms with E-state index in [9.17, 15) is 9.59 Å². The predicted molar refractivity (Wildman–Crippen MR) is 93.5 cm³/mol. The lowest BCUT2D eigenvalue weighted by Gasteiger charge is -2.12. The summed E-state index contributed by atoms with van der Waals surface area (Å²) in [6.45, 7) is 6.24. The van der Waals surface area contributed by atoms with Crippen LogP contribution in [0.3, 0.4) is 0 Å². The number of H-pyrrole nitrogens is 1. The standard InChI is InChI=1S/C18H20N4O3/c1-10(17-11(2)22-25-12(17)3)9-19-16(23)8-15-13-6-4-5-7-14(13)18(24)21-20-15/h4-7,10H,8-9H2,1-3H3,(H,19,23)(H,21,24). The molecule has 1 unspecified atom stereocenters. The number of aromatic amines is 1. The summed E-state index contributed by atoms with van der Waals surface area (Å²) in [5.41, 5.74) is 2.16. The Morgan fingerprint density at radius 1 is 1.28 bits per heavy atom. The highest BCUT2D eigenvalue weighted by atomic mass is 16.5. The molecule has 0 aliphatic heterocycles. The number of aromatic nitrogens is 3. The van der Waals surface area contributed by atoms with E-state index in [-0.39, 0.29) is 23.8 Å². The minimum absolute atomic E-state index is 0.0930. The predicted octanol–water partition coefficient (Wildman–Crippen LogP) is 1.99. The van der Waals surface area contributed by atoms with Crippen LogP contribution in [0, 0.1) is 13.8 Å². The summed E-state index contributed by atoms with van der Waals surface area (Å²) in [7, 11) is 0. The highest BCUT2D eigenvalue weighted by Gasteiger charge is 2.17. The minimum Gasteiger partial charge on any atom is -0.361 e. The third-order valence-corrected chi connectivity index (χ3v) is 4.29. The van der Waals surface area contributed by atoms with Crippen LogP contribution in [0.15, 0.2) is 33.6 Å². The lowest BCUT2D eigenvalue weighted by molar-refractivity contribution is -0.120. The summed E-state index contributed by atoms with van der Waals surface area (Å²) < 4.78 is 5.17. The first-order valence-electron chi connectivity index (χ1n) is 8.13. The van der Waals surface area contributed by atoms with Crippen molar-refractivity contribution in [2.24, 2.45) is 0 Å². The van der Waals surface area contributed by atoms with Gasteiger partial charge in [-0.15, -0.1) is 0 Å². The summed E-state index contributed by atoms with van der Waals surface area (Å²) in [6.07, 6.45) is 0.103. The number of rotatable bonds is 5. The molecule has 7 heteroatoms. The third-order valence-electron chi connectivity index (χ3n) is 4.29. The second-order valence-electron chi connectivity index (χ2n) is 6.16. The Kier molecular flexibility index (Phi) is 4.65. The quantitative estimate of drug-likeness (QED) is 0.740. The number of carbonyl (C=O) groups excluding carboxylic acids is 1. The zero-order valence-corrected chi connectivity index (χ0v) is 14.4. The van der Waals surface area contributed by atoms with E-state index in [1.165, 1.54) is 0 Å². The molecule has 1 aromatic carbocycles. The smallest absolute Gasteiger partial charge is 0.272 e. The lowest BCUT2D eigenvalue weighted by Crippen LogP contribution is -2.30. The van der Waals surface area contributed by atoms with Crippen molar-refractivity contribution in [3.8, 4) is 0 Å². The maximum atomic E-state index is 12.3. The molecule has 0 fully saturated rings. The van der Waals surface area contributed by atoms with Crippen molar-refractivity contribution in [3.05, 3.63) is 57.3 Å². The number of hydrogen-bond acceptors (Lipinski definition) is 5. The monoisotopic (exact) mass is 340 g/mol. The second kappa shape index (κ2) is 6.88. The van der Waals surface area contributed by atoms with Crippen LogP contribution in [0.4, 0.5) is 0 Å². The first kappa shape index (κ1) is 16.9. The van der Waals surface area contributed by atoms with Crippen molar-refractivity contribution < 1.29 is 9.32 Å². The Morgan fingerprint density at radius 2 is 2.00 bits per heavy atom. The van der Waals surface area contributed by atoms with Crippen LogP contribution >= 0.6 is 0 Å². The molecule has 2 N–H and O–H groups in total. The Labute approximate surface area is 144 Å². The molecule has 25 heavy (non-hydrogen) atoms. The average molecular weight is 340 g/mol. The fraction of sp³-hybridized carbons (Fsp3) is 0.333. The summed E-state index contributed by atoms with van der Waals surface area (Å²) in [6, 6.07) is 7.13. The molecule has 2 heterocycles. The summed E-state index contributed by atoms with van der Waals surface area (Å²) in [5.74, 6) is 0.714. The van der Waals surface area contributed by atoms with Gasteiger partial charge < -0.3 is 9.84 Å². The van der Waals surface area contributed by atoms with Crippen molar-refractivity contribution in [3.63, 3.8) is 0 Å². The van der Waals surface area contributed by atoms with Crippen molar-refractivity contribution in [1.82, 2.24) is 20.7 Å². The number of amides is 1. The third kappa shape index (κ3) is 3.45. The van der Waals surface area contributed by atoms with E-state index in [1.54, 1.807) is 18.2 Å². The van der Waals surface area contributed by atoms with Crippen molar-refractivity contribution in [1.29, 1.82) is 0 Å². The molecule has 7 nitrogen and oxygen atoms in total. The number of nitrogens with zero attached hydrogens (tertiary/aromatic N) is 2. The van der Waals surface area contributed by atoms with Gasteiger partial charge in [0.25, 0.3) is 5.56 Å². The molecule has 0 saturated carbocycles. The van der Waals surface area contributed by atoms with Crippen molar-refractivity contribution in [2.45, 2.75) is 33.1 Å². The Balaban J connectivity index is 1.70. The van der Waals surface area contributed by atoms with Gasteiger partial charge in [0.05, 0.1) is 23.2 Å². The van der Waals surface area contributed by atoms with E-state index < -0.39 is 0 Å². The van der Waals surface area contributed by atoms with Crippen LogP contribution in [-0.2, 0) is 11.2 Å². The Bertz CT molecular complexity index is 954. The fourth-order valence-electron chi connectivity index (χ4n) is 3.08. The van der Waals surface area contributed by atoms with Gasteiger partial charge in [-0.25, -0.2) is 5.10 Å². The zero-order chi connectivity index (χ0) is 18.0. The molecular weight excluding hydrogens is 320 g/mol. The van der Waals surface area contributed by atoms with Gasteiger partial charge in [0.1, 0.15) is 5.76 Å². The fourth-order valence-corrected chi connectivity index (χ4v) is 3.08. The maximum absolute atomic E-state index is 12.3. The van der Waals surface area contributed by atoms with Crippen LogP contribution in [0.1, 0.15) is 35.6 Å². The molecule has 3 aromatic rings. The number of benzene rings is 1. The molecule has 1 atom stereocenters. The molecule has 0 saturated heterocycles. The first-order chi connectivity index (χ1) is 12.0. The van der Waals surface area contributed by atoms with E-state index in [4.69, 9.17) is 4.52 Å². The first-order valence-corrected chi connectivity index (χ1v) is 8.13. The number of hydrogen-bond donors (Lipinski definition) is 2. The number of fused-ring (bicyclic) bond motifs is 1. The van der Waals surface area contributed by atoms with E-state index in [0.29, 0.717) is 23.0 Å². The van der Waals surface area contributed by atoms with Gasteiger partial charge in [-0.05, 0) is 19.9 Å².